The molecule has 66 valence electrons. The van der Waals surface area contributed by atoms with Gasteiger partial charge in [-0.05, 0) is 12.3 Å². The average Bonchev–Trinajstić information content (AvgIpc) is 2.30. The van der Waals surface area contributed by atoms with E-state index in [4.69, 9.17) is 4.74 Å². The first-order valence-electron chi connectivity index (χ1n) is 4.44. The first-order chi connectivity index (χ1) is 5.15. The van der Waals surface area contributed by atoms with Gasteiger partial charge in [0.15, 0.2) is 0 Å². The Hall–Kier alpha value is -0.110. The Morgan fingerprint density at radius 2 is 2.18 bits per heavy atom. The highest BCUT2D eigenvalue weighted by Crippen LogP contribution is 2.29. The normalized spacial score (nSPS) is 38.5. The van der Waals surface area contributed by atoms with Gasteiger partial charge in [-0.25, -0.2) is 4.39 Å². The highest BCUT2D eigenvalue weighted by molar-refractivity contribution is 4.83. The fourth-order valence-electron chi connectivity index (χ4n) is 1.59. The second-order valence-corrected chi connectivity index (χ2v) is 3.63. The summed E-state index contributed by atoms with van der Waals surface area (Å²) in [5.41, 5.74) is 0. The molecule has 0 saturated carbocycles. The third-order valence-corrected chi connectivity index (χ3v) is 2.31. The van der Waals surface area contributed by atoms with E-state index in [2.05, 4.69) is 0 Å². The van der Waals surface area contributed by atoms with Gasteiger partial charge in [0.2, 0.25) is 0 Å². The van der Waals surface area contributed by atoms with Crippen LogP contribution in [0.5, 0.6) is 0 Å². The van der Waals surface area contributed by atoms with Gasteiger partial charge in [0.1, 0.15) is 6.17 Å². The number of hydrogen-bond donors (Lipinski definition) is 0. The molecule has 1 nitrogen and oxygen atoms in total. The summed E-state index contributed by atoms with van der Waals surface area (Å²) in [5.74, 6) is 0.307. The standard InChI is InChI=1S/C9H17FO/c1-4-7-5-8(10)9(11-7)6(2)3/h6-9H,4-5H2,1-3H3. The second kappa shape index (κ2) is 3.53. The van der Waals surface area contributed by atoms with Crippen molar-refractivity contribution in [3.63, 3.8) is 0 Å². The fraction of sp³-hybridized carbons (Fsp3) is 1.00. The van der Waals surface area contributed by atoms with E-state index in [1.54, 1.807) is 0 Å². The molecular formula is C9H17FO. The van der Waals surface area contributed by atoms with Crippen molar-refractivity contribution in [3.05, 3.63) is 0 Å². The zero-order valence-corrected chi connectivity index (χ0v) is 7.51. The number of hydrogen-bond acceptors (Lipinski definition) is 1. The van der Waals surface area contributed by atoms with Crippen LogP contribution in [0.25, 0.3) is 0 Å². The monoisotopic (exact) mass is 160 g/mol. The van der Waals surface area contributed by atoms with Crippen LogP contribution in [0, 0.1) is 5.92 Å². The molecule has 1 fully saturated rings. The molecule has 1 saturated heterocycles. The lowest BCUT2D eigenvalue weighted by Crippen LogP contribution is -2.23. The summed E-state index contributed by atoms with van der Waals surface area (Å²) < 4.78 is 18.7. The van der Waals surface area contributed by atoms with Crippen LogP contribution in [0.4, 0.5) is 4.39 Å². The van der Waals surface area contributed by atoms with E-state index >= 15 is 0 Å². The molecule has 1 rings (SSSR count). The minimum atomic E-state index is -0.736. The van der Waals surface area contributed by atoms with Crippen molar-refractivity contribution in [2.24, 2.45) is 5.92 Å². The zero-order valence-electron chi connectivity index (χ0n) is 7.51. The van der Waals surface area contributed by atoms with Crippen LogP contribution >= 0.6 is 0 Å². The number of rotatable bonds is 2. The van der Waals surface area contributed by atoms with E-state index in [9.17, 15) is 4.39 Å². The van der Waals surface area contributed by atoms with Crippen LogP contribution in [0.15, 0.2) is 0 Å². The molecule has 1 heterocycles. The molecule has 0 aromatic heterocycles. The minimum absolute atomic E-state index is 0.153. The molecule has 0 bridgehead atoms. The van der Waals surface area contributed by atoms with Gasteiger partial charge >= 0.3 is 0 Å². The molecule has 3 atom stereocenters. The Morgan fingerprint density at radius 1 is 1.55 bits per heavy atom. The van der Waals surface area contributed by atoms with Crippen LogP contribution in [-0.4, -0.2) is 18.4 Å². The van der Waals surface area contributed by atoms with Gasteiger partial charge in [0, 0.05) is 6.42 Å². The second-order valence-electron chi connectivity index (χ2n) is 3.63. The Balaban J connectivity index is 2.45. The van der Waals surface area contributed by atoms with E-state index in [1.165, 1.54) is 0 Å². The van der Waals surface area contributed by atoms with Gasteiger partial charge in [-0.2, -0.15) is 0 Å². The molecule has 0 aliphatic carbocycles. The Morgan fingerprint density at radius 3 is 2.45 bits per heavy atom. The summed E-state index contributed by atoms with van der Waals surface area (Å²) >= 11 is 0. The lowest BCUT2D eigenvalue weighted by molar-refractivity contribution is 0.000182. The average molecular weight is 160 g/mol. The van der Waals surface area contributed by atoms with Gasteiger partial charge in [-0.3, -0.25) is 0 Å². The quantitative estimate of drug-likeness (QED) is 0.603. The first-order valence-corrected chi connectivity index (χ1v) is 4.44. The van der Waals surface area contributed by atoms with Crippen molar-refractivity contribution < 1.29 is 9.13 Å². The zero-order chi connectivity index (χ0) is 8.43. The molecule has 0 aromatic rings. The van der Waals surface area contributed by atoms with Crippen molar-refractivity contribution >= 4 is 0 Å². The van der Waals surface area contributed by atoms with Gasteiger partial charge < -0.3 is 4.74 Å². The van der Waals surface area contributed by atoms with Crippen LogP contribution in [0.3, 0.4) is 0 Å². The minimum Gasteiger partial charge on any atom is -0.372 e. The third kappa shape index (κ3) is 1.92. The molecule has 11 heavy (non-hydrogen) atoms. The van der Waals surface area contributed by atoms with E-state index < -0.39 is 6.17 Å². The number of ether oxygens (including phenoxy) is 1. The molecule has 1 aliphatic heterocycles. The summed E-state index contributed by atoms with van der Waals surface area (Å²) in [4.78, 5) is 0. The fourth-order valence-corrected chi connectivity index (χ4v) is 1.59. The van der Waals surface area contributed by atoms with Crippen molar-refractivity contribution in [1.82, 2.24) is 0 Å². The summed E-state index contributed by atoms with van der Waals surface area (Å²) in [6.45, 7) is 6.06. The van der Waals surface area contributed by atoms with Crippen LogP contribution in [0.2, 0.25) is 0 Å². The van der Waals surface area contributed by atoms with Crippen LogP contribution < -0.4 is 0 Å². The summed E-state index contributed by atoms with van der Waals surface area (Å²) in [6.07, 6.45) is 0.806. The Kier molecular flexibility index (Phi) is 2.88. The SMILES string of the molecule is CCC1CC(F)C(C(C)C)O1. The summed E-state index contributed by atoms with van der Waals surface area (Å²) in [5, 5.41) is 0. The van der Waals surface area contributed by atoms with Crippen LogP contribution in [0.1, 0.15) is 33.6 Å². The van der Waals surface area contributed by atoms with E-state index in [-0.39, 0.29) is 12.2 Å². The van der Waals surface area contributed by atoms with E-state index in [0.29, 0.717) is 12.3 Å². The van der Waals surface area contributed by atoms with E-state index in [0.717, 1.165) is 6.42 Å². The molecule has 3 unspecified atom stereocenters. The van der Waals surface area contributed by atoms with E-state index in [1.807, 2.05) is 20.8 Å². The Labute approximate surface area is 67.9 Å². The third-order valence-electron chi connectivity index (χ3n) is 2.31. The number of alkyl halides is 1. The molecule has 0 N–H and O–H groups in total. The largest absolute Gasteiger partial charge is 0.372 e. The molecular weight excluding hydrogens is 143 g/mol. The summed E-state index contributed by atoms with van der Waals surface area (Å²) in [7, 11) is 0. The lowest BCUT2D eigenvalue weighted by Gasteiger charge is -2.16. The molecule has 0 spiro atoms. The molecule has 0 radical (unpaired) electrons. The smallest absolute Gasteiger partial charge is 0.129 e. The molecule has 0 amide bonds. The van der Waals surface area contributed by atoms with Crippen molar-refractivity contribution in [3.8, 4) is 0 Å². The maximum atomic E-state index is 13.2. The predicted molar refractivity (Wildman–Crippen MR) is 43.3 cm³/mol. The topological polar surface area (TPSA) is 9.23 Å². The van der Waals surface area contributed by atoms with Gasteiger partial charge in [-0.15, -0.1) is 0 Å². The van der Waals surface area contributed by atoms with Crippen molar-refractivity contribution in [1.29, 1.82) is 0 Å². The predicted octanol–water partition coefficient (Wildman–Crippen LogP) is 2.55. The van der Waals surface area contributed by atoms with Gasteiger partial charge in [-0.1, -0.05) is 20.8 Å². The molecule has 0 aromatic carbocycles. The highest BCUT2D eigenvalue weighted by Gasteiger charge is 2.35. The first kappa shape index (κ1) is 8.98. The van der Waals surface area contributed by atoms with Crippen molar-refractivity contribution in [2.75, 3.05) is 0 Å². The van der Waals surface area contributed by atoms with Gasteiger partial charge in [0.05, 0.1) is 12.2 Å². The Bertz CT molecular complexity index is 125. The number of halogens is 1. The van der Waals surface area contributed by atoms with Gasteiger partial charge in [0.25, 0.3) is 0 Å². The molecule has 2 heteroatoms. The lowest BCUT2D eigenvalue weighted by atomic mass is 10.0. The van der Waals surface area contributed by atoms with Crippen LogP contribution in [-0.2, 0) is 4.74 Å². The molecule has 1 aliphatic rings. The maximum absolute atomic E-state index is 13.2. The highest BCUT2D eigenvalue weighted by atomic mass is 19.1. The summed E-state index contributed by atoms with van der Waals surface area (Å²) in [6, 6.07) is 0. The maximum Gasteiger partial charge on any atom is 0.129 e. The van der Waals surface area contributed by atoms with Crippen molar-refractivity contribution in [2.45, 2.75) is 52.0 Å².